The van der Waals surface area contributed by atoms with Crippen molar-refractivity contribution in [1.82, 2.24) is 0 Å². The molecule has 3 aliphatic rings. The van der Waals surface area contributed by atoms with E-state index in [0.29, 0.717) is 53.1 Å². The number of aliphatic imine (C=N–C) groups is 1. The molecule has 3 heterocycles. The lowest BCUT2D eigenvalue weighted by Gasteiger charge is -2.23. The average molecular weight is 453 g/mol. The molecule has 3 aromatic carbocycles. The monoisotopic (exact) mass is 453 g/mol. The van der Waals surface area contributed by atoms with Crippen molar-refractivity contribution in [3.63, 3.8) is 0 Å². The molecule has 168 valence electrons. The van der Waals surface area contributed by atoms with E-state index in [0.717, 1.165) is 11.1 Å². The van der Waals surface area contributed by atoms with Crippen LogP contribution in [0.3, 0.4) is 0 Å². The maximum absolute atomic E-state index is 12.9. The second kappa shape index (κ2) is 8.12. The Kier molecular flexibility index (Phi) is 4.80. The molecule has 7 heteroatoms. The van der Waals surface area contributed by atoms with Crippen LogP contribution in [-0.2, 0) is 9.53 Å². The number of carbonyl (C=O) groups excluding carboxylic acids is 1. The highest BCUT2D eigenvalue weighted by Gasteiger charge is 2.31. The highest BCUT2D eigenvalue weighted by Crippen LogP contribution is 2.41. The van der Waals surface area contributed by atoms with E-state index in [1.165, 1.54) is 0 Å². The minimum Gasteiger partial charge on any atom is -0.497 e. The first-order chi connectivity index (χ1) is 16.7. The number of carbonyl (C=O) groups is 1. The number of benzene rings is 3. The molecule has 0 N–H and O–H groups in total. The van der Waals surface area contributed by atoms with Gasteiger partial charge in [-0.15, -0.1) is 0 Å². The third-order valence-corrected chi connectivity index (χ3v) is 5.69. The van der Waals surface area contributed by atoms with Crippen molar-refractivity contribution >= 4 is 23.2 Å². The van der Waals surface area contributed by atoms with Crippen LogP contribution in [0.5, 0.6) is 23.0 Å². The first kappa shape index (κ1) is 20.1. The van der Waals surface area contributed by atoms with Crippen molar-refractivity contribution in [2.24, 2.45) is 4.99 Å². The topological polar surface area (TPSA) is 75.6 Å². The molecule has 0 saturated carbocycles. The minimum absolute atomic E-state index is 0.219. The number of nitrogens with zero attached hydrogens (tertiary/aromatic N) is 1. The fourth-order valence-electron chi connectivity index (χ4n) is 4.00. The molecule has 0 spiro atoms. The Bertz CT molecular complexity index is 1400. The van der Waals surface area contributed by atoms with E-state index in [9.17, 15) is 4.79 Å². The van der Waals surface area contributed by atoms with Crippen molar-refractivity contribution in [2.45, 2.75) is 0 Å². The number of allylic oxidation sites excluding steroid dienone is 2. The van der Waals surface area contributed by atoms with E-state index in [4.69, 9.17) is 23.7 Å². The maximum atomic E-state index is 12.9. The highest BCUT2D eigenvalue weighted by molar-refractivity contribution is 6.15. The number of cyclic esters (lactones) is 1. The predicted molar refractivity (Wildman–Crippen MR) is 125 cm³/mol. The molecule has 0 atom stereocenters. The summed E-state index contributed by atoms with van der Waals surface area (Å²) >= 11 is 0. The summed E-state index contributed by atoms with van der Waals surface area (Å²) in [6.07, 6.45) is 1.81. The summed E-state index contributed by atoms with van der Waals surface area (Å²) < 4.78 is 28.3. The summed E-state index contributed by atoms with van der Waals surface area (Å²) in [5.41, 5.74) is 3.08. The van der Waals surface area contributed by atoms with Gasteiger partial charge in [0, 0.05) is 22.3 Å². The van der Waals surface area contributed by atoms with Gasteiger partial charge in [-0.05, 0) is 54.6 Å². The summed E-state index contributed by atoms with van der Waals surface area (Å²) in [5, 5.41) is 0. The first-order valence-electron chi connectivity index (χ1n) is 10.8. The van der Waals surface area contributed by atoms with Gasteiger partial charge in [-0.1, -0.05) is 18.2 Å². The zero-order valence-corrected chi connectivity index (χ0v) is 18.2. The van der Waals surface area contributed by atoms with E-state index < -0.39 is 5.97 Å². The van der Waals surface area contributed by atoms with Crippen LogP contribution >= 0.6 is 0 Å². The van der Waals surface area contributed by atoms with Crippen LogP contribution in [0.4, 0.5) is 0 Å². The van der Waals surface area contributed by atoms with Gasteiger partial charge in [0.2, 0.25) is 5.90 Å². The van der Waals surface area contributed by atoms with Crippen molar-refractivity contribution in [3.05, 3.63) is 95.2 Å². The smallest absolute Gasteiger partial charge is 0.364 e. The fraction of sp³-hybridized carbons (Fsp3) is 0.111. The summed E-state index contributed by atoms with van der Waals surface area (Å²) in [6, 6.07) is 20.3. The van der Waals surface area contributed by atoms with Crippen LogP contribution in [0.2, 0.25) is 0 Å². The molecule has 0 radical (unpaired) electrons. The number of ether oxygens (including phenoxy) is 5. The number of para-hydroxylation sites is 1. The lowest BCUT2D eigenvalue weighted by Crippen LogP contribution is -2.15. The van der Waals surface area contributed by atoms with Gasteiger partial charge in [-0.25, -0.2) is 9.79 Å². The molecule has 0 aromatic heterocycles. The van der Waals surface area contributed by atoms with Gasteiger partial charge in [-0.3, -0.25) is 0 Å². The summed E-state index contributed by atoms with van der Waals surface area (Å²) in [5.74, 6) is 2.97. The molecule has 7 nitrogen and oxygen atoms in total. The van der Waals surface area contributed by atoms with E-state index in [1.54, 1.807) is 31.4 Å². The zero-order valence-electron chi connectivity index (χ0n) is 18.2. The van der Waals surface area contributed by atoms with Crippen molar-refractivity contribution in [2.75, 3.05) is 20.3 Å². The molecule has 34 heavy (non-hydrogen) atoms. The van der Waals surface area contributed by atoms with Crippen LogP contribution < -0.4 is 18.9 Å². The Morgan fingerprint density at radius 3 is 2.41 bits per heavy atom. The predicted octanol–water partition coefficient (Wildman–Crippen LogP) is 4.61. The zero-order chi connectivity index (χ0) is 23.1. The van der Waals surface area contributed by atoms with Gasteiger partial charge in [0.15, 0.2) is 17.2 Å². The van der Waals surface area contributed by atoms with E-state index in [1.807, 2.05) is 48.5 Å². The molecule has 0 saturated heterocycles. The van der Waals surface area contributed by atoms with Gasteiger partial charge in [0.1, 0.15) is 30.5 Å². The van der Waals surface area contributed by atoms with E-state index in [-0.39, 0.29) is 11.6 Å². The summed E-state index contributed by atoms with van der Waals surface area (Å²) in [4.78, 5) is 17.5. The van der Waals surface area contributed by atoms with Gasteiger partial charge in [0.05, 0.1) is 7.11 Å². The number of hydrogen-bond donors (Lipinski definition) is 0. The molecule has 0 bridgehead atoms. The normalized spacial score (nSPS) is 18.3. The van der Waals surface area contributed by atoms with Crippen LogP contribution in [0.25, 0.3) is 11.3 Å². The lowest BCUT2D eigenvalue weighted by molar-refractivity contribution is -0.129. The molecule has 3 aliphatic heterocycles. The van der Waals surface area contributed by atoms with Gasteiger partial charge < -0.3 is 23.7 Å². The van der Waals surface area contributed by atoms with Gasteiger partial charge in [0.25, 0.3) is 0 Å². The number of esters is 1. The quantitative estimate of drug-likeness (QED) is 0.426. The van der Waals surface area contributed by atoms with E-state index in [2.05, 4.69) is 4.99 Å². The van der Waals surface area contributed by atoms with Crippen LogP contribution in [0.15, 0.2) is 83.5 Å². The largest absolute Gasteiger partial charge is 0.497 e. The third kappa shape index (κ3) is 3.47. The fourth-order valence-corrected chi connectivity index (χ4v) is 4.00. The Hall–Kier alpha value is -4.52. The van der Waals surface area contributed by atoms with Gasteiger partial charge >= 0.3 is 5.97 Å². The SMILES string of the molecule is COc1ccc(C2=NC(=C3C=C(c4ccc5c(c4)OCCO5)Oc4ccccc43)C(=O)O2)cc1. The van der Waals surface area contributed by atoms with Crippen molar-refractivity contribution in [1.29, 1.82) is 0 Å². The van der Waals surface area contributed by atoms with Crippen LogP contribution in [-0.4, -0.2) is 32.2 Å². The van der Waals surface area contributed by atoms with Gasteiger partial charge in [-0.2, -0.15) is 0 Å². The molecule has 0 unspecified atom stereocenters. The number of fused-ring (bicyclic) bond motifs is 2. The Labute approximate surface area is 195 Å². The minimum atomic E-state index is -0.518. The molecular formula is C27H19NO6. The summed E-state index contributed by atoms with van der Waals surface area (Å²) in [6.45, 7) is 1.01. The number of rotatable bonds is 3. The number of hydrogen-bond acceptors (Lipinski definition) is 7. The second-order valence-electron chi connectivity index (χ2n) is 7.76. The Balaban J connectivity index is 1.46. The maximum Gasteiger partial charge on any atom is 0.364 e. The molecule has 0 aliphatic carbocycles. The number of methoxy groups -OCH3 is 1. The lowest BCUT2D eigenvalue weighted by atomic mass is 9.97. The van der Waals surface area contributed by atoms with Crippen LogP contribution in [0.1, 0.15) is 16.7 Å². The molecular weight excluding hydrogens is 434 g/mol. The molecule has 0 amide bonds. The Morgan fingerprint density at radius 2 is 1.59 bits per heavy atom. The molecule has 0 fully saturated rings. The average Bonchev–Trinajstić information content (AvgIpc) is 3.29. The standard InChI is InChI=1S/C27H19NO6/c1-30-18-9-6-16(7-10-18)26-28-25(27(29)34-26)20-15-23(33-21-5-3-2-4-19(20)21)17-8-11-22-24(14-17)32-13-12-31-22/h2-11,14-15H,12-13H2,1H3. The third-order valence-electron chi connectivity index (χ3n) is 5.69. The Morgan fingerprint density at radius 1 is 0.824 bits per heavy atom. The van der Waals surface area contributed by atoms with E-state index >= 15 is 0 Å². The van der Waals surface area contributed by atoms with Crippen molar-refractivity contribution < 1.29 is 28.5 Å². The summed E-state index contributed by atoms with van der Waals surface area (Å²) in [7, 11) is 1.60. The second-order valence-corrected chi connectivity index (χ2v) is 7.76. The molecule has 6 rings (SSSR count). The highest BCUT2D eigenvalue weighted by atomic mass is 16.6. The molecule has 3 aromatic rings. The van der Waals surface area contributed by atoms with Crippen molar-refractivity contribution in [3.8, 4) is 23.0 Å². The first-order valence-corrected chi connectivity index (χ1v) is 10.8. The van der Waals surface area contributed by atoms with Crippen LogP contribution in [0, 0.1) is 0 Å².